The zero-order chi connectivity index (χ0) is 15.4. The van der Waals surface area contributed by atoms with Gasteiger partial charge in [0.2, 0.25) is 0 Å². The van der Waals surface area contributed by atoms with Gasteiger partial charge in [0.1, 0.15) is 17.3 Å². The number of nitrogens with one attached hydrogen (secondary N) is 1. The maximum atomic E-state index is 13.9. The van der Waals surface area contributed by atoms with E-state index in [1.165, 1.54) is 6.07 Å². The van der Waals surface area contributed by atoms with Crippen molar-refractivity contribution < 1.29 is 8.81 Å². The first-order valence-corrected chi connectivity index (χ1v) is 7.20. The van der Waals surface area contributed by atoms with Crippen molar-refractivity contribution in [1.29, 1.82) is 0 Å². The van der Waals surface area contributed by atoms with E-state index in [9.17, 15) is 4.39 Å². The normalized spacial score (nSPS) is 12.9. The largest absolute Gasteiger partial charge is 0.465 e. The molecule has 1 aromatic heterocycles. The van der Waals surface area contributed by atoms with Gasteiger partial charge in [-0.1, -0.05) is 18.2 Å². The van der Waals surface area contributed by atoms with E-state index in [1.807, 2.05) is 40.1 Å². The number of furan rings is 1. The van der Waals surface area contributed by atoms with Crippen LogP contribution < -0.4 is 5.32 Å². The maximum Gasteiger partial charge on any atom is 0.127 e. The second kappa shape index (κ2) is 6.87. The molecule has 114 valence electrons. The molecule has 1 N–H and O–H groups in total. The molecule has 1 atom stereocenters. The quantitative estimate of drug-likeness (QED) is 0.880. The Balaban J connectivity index is 2.10. The predicted molar refractivity (Wildman–Crippen MR) is 82.5 cm³/mol. The molecule has 0 spiro atoms. The minimum absolute atomic E-state index is 0.00764. The number of hydrogen-bond acceptors (Lipinski definition) is 3. The first-order chi connectivity index (χ1) is 10.0. The Labute approximate surface area is 125 Å². The Morgan fingerprint density at radius 3 is 2.71 bits per heavy atom. The van der Waals surface area contributed by atoms with Gasteiger partial charge in [0.25, 0.3) is 0 Å². The summed E-state index contributed by atoms with van der Waals surface area (Å²) < 4.78 is 19.6. The van der Waals surface area contributed by atoms with Gasteiger partial charge in [-0.15, -0.1) is 0 Å². The van der Waals surface area contributed by atoms with Crippen molar-refractivity contribution in [2.75, 3.05) is 14.1 Å². The summed E-state index contributed by atoms with van der Waals surface area (Å²) in [6.07, 6.45) is 0. The summed E-state index contributed by atoms with van der Waals surface area (Å²) >= 11 is 0. The molecule has 4 heteroatoms. The first kappa shape index (κ1) is 15.7. The van der Waals surface area contributed by atoms with E-state index < -0.39 is 0 Å². The van der Waals surface area contributed by atoms with E-state index >= 15 is 0 Å². The van der Waals surface area contributed by atoms with Gasteiger partial charge >= 0.3 is 0 Å². The van der Waals surface area contributed by atoms with Gasteiger partial charge in [-0.2, -0.15) is 0 Å². The van der Waals surface area contributed by atoms with Gasteiger partial charge in [-0.3, -0.25) is 4.90 Å². The molecule has 21 heavy (non-hydrogen) atoms. The zero-order valence-electron chi connectivity index (χ0n) is 13.1. The van der Waals surface area contributed by atoms with Crippen LogP contribution in [0, 0.1) is 12.7 Å². The summed E-state index contributed by atoms with van der Waals surface area (Å²) in [5.41, 5.74) is 1.86. The van der Waals surface area contributed by atoms with Crippen LogP contribution >= 0.6 is 0 Å². The highest BCUT2D eigenvalue weighted by Gasteiger charge is 2.17. The fraction of sp³-hybridized carbons (Fsp3) is 0.412. The molecule has 0 aliphatic carbocycles. The molecule has 0 radical (unpaired) electrons. The summed E-state index contributed by atoms with van der Waals surface area (Å²) in [4.78, 5) is 2.12. The van der Waals surface area contributed by atoms with Crippen LogP contribution in [0.5, 0.6) is 0 Å². The molecule has 2 rings (SSSR count). The fourth-order valence-corrected chi connectivity index (χ4v) is 2.46. The molecule has 1 aromatic carbocycles. The van der Waals surface area contributed by atoms with Crippen molar-refractivity contribution in [3.8, 4) is 0 Å². The van der Waals surface area contributed by atoms with Crippen LogP contribution in [-0.2, 0) is 13.1 Å². The Morgan fingerprint density at radius 1 is 1.33 bits per heavy atom. The van der Waals surface area contributed by atoms with Gasteiger partial charge < -0.3 is 9.73 Å². The fourth-order valence-electron chi connectivity index (χ4n) is 2.46. The van der Waals surface area contributed by atoms with E-state index in [1.54, 1.807) is 6.07 Å². The number of benzene rings is 1. The van der Waals surface area contributed by atoms with Crippen LogP contribution in [0.1, 0.15) is 35.6 Å². The third-order valence-electron chi connectivity index (χ3n) is 3.86. The minimum Gasteiger partial charge on any atom is -0.465 e. The van der Waals surface area contributed by atoms with Crippen molar-refractivity contribution in [1.82, 2.24) is 10.2 Å². The van der Waals surface area contributed by atoms with Crippen molar-refractivity contribution >= 4 is 0 Å². The van der Waals surface area contributed by atoms with Crippen LogP contribution in [0.4, 0.5) is 4.39 Å². The Kier molecular flexibility index (Phi) is 5.15. The number of halogens is 1. The second-order valence-electron chi connectivity index (χ2n) is 5.44. The van der Waals surface area contributed by atoms with Gasteiger partial charge in [0.15, 0.2) is 0 Å². The Hall–Kier alpha value is -1.65. The minimum atomic E-state index is -0.156. The number of rotatable bonds is 6. The summed E-state index contributed by atoms with van der Waals surface area (Å²) in [7, 11) is 3.89. The Morgan fingerprint density at radius 2 is 2.05 bits per heavy atom. The topological polar surface area (TPSA) is 28.4 Å². The summed E-state index contributed by atoms with van der Waals surface area (Å²) in [6.45, 7) is 5.43. The van der Waals surface area contributed by atoms with Crippen molar-refractivity contribution in [3.05, 3.63) is 58.8 Å². The second-order valence-corrected chi connectivity index (χ2v) is 5.44. The molecular formula is C17H23FN2O. The molecule has 0 bridgehead atoms. The van der Waals surface area contributed by atoms with E-state index in [0.29, 0.717) is 6.54 Å². The summed E-state index contributed by atoms with van der Waals surface area (Å²) in [5, 5.41) is 3.08. The predicted octanol–water partition coefficient (Wildman–Crippen LogP) is 3.64. The van der Waals surface area contributed by atoms with E-state index in [4.69, 9.17) is 4.42 Å². The van der Waals surface area contributed by atoms with E-state index in [0.717, 1.165) is 29.2 Å². The third kappa shape index (κ3) is 3.71. The molecule has 1 heterocycles. The average molecular weight is 290 g/mol. The zero-order valence-corrected chi connectivity index (χ0v) is 13.1. The highest BCUT2D eigenvalue weighted by molar-refractivity contribution is 5.23. The van der Waals surface area contributed by atoms with E-state index in [2.05, 4.69) is 16.3 Å². The molecule has 0 aliphatic rings. The first-order valence-electron chi connectivity index (χ1n) is 7.20. The lowest BCUT2D eigenvalue weighted by atomic mass is 10.1. The van der Waals surface area contributed by atoms with Gasteiger partial charge in [0.05, 0.1) is 6.54 Å². The Bertz CT molecular complexity index is 594. The van der Waals surface area contributed by atoms with Crippen LogP contribution in [0.25, 0.3) is 0 Å². The standard InChI is InChI=1S/C17H23FN2O/c1-12(16-7-5-6-8-17(16)18)20(4)11-14-9-15(10-19-3)21-13(14)2/h5-9,12,19H,10-11H2,1-4H3. The van der Waals surface area contributed by atoms with Crippen molar-refractivity contribution in [3.63, 3.8) is 0 Å². The summed E-state index contributed by atoms with van der Waals surface area (Å²) in [6, 6.07) is 9.01. The molecule has 1 unspecified atom stereocenters. The smallest absolute Gasteiger partial charge is 0.127 e. The molecule has 3 nitrogen and oxygen atoms in total. The van der Waals surface area contributed by atoms with Gasteiger partial charge in [0, 0.05) is 23.7 Å². The van der Waals surface area contributed by atoms with Crippen LogP contribution in [0.2, 0.25) is 0 Å². The van der Waals surface area contributed by atoms with Crippen LogP contribution in [0.15, 0.2) is 34.7 Å². The number of aryl methyl sites for hydroxylation is 1. The molecule has 0 saturated heterocycles. The van der Waals surface area contributed by atoms with E-state index in [-0.39, 0.29) is 11.9 Å². The highest BCUT2D eigenvalue weighted by atomic mass is 19.1. The SMILES string of the molecule is CNCc1cc(CN(C)C(C)c2ccccc2F)c(C)o1. The van der Waals surface area contributed by atoms with Gasteiger partial charge in [-0.05, 0) is 40.1 Å². The van der Waals surface area contributed by atoms with Crippen LogP contribution in [-0.4, -0.2) is 19.0 Å². The maximum absolute atomic E-state index is 13.9. The summed E-state index contributed by atoms with van der Waals surface area (Å²) in [5.74, 6) is 1.70. The molecular weight excluding hydrogens is 267 g/mol. The third-order valence-corrected chi connectivity index (χ3v) is 3.86. The van der Waals surface area contributed by atoms with Gasteiger partial charge in [-0.25, -0.2) is 4.39 Å². The lowest BCUT2D eigenvalue weighted by Crippen LogP contribution is -2.22. The lowest BCUT2D eigenvalue weighted by molar-refractivity contribution is 0.246. The molecule has 0 amide bonds. The molecule has 2 aromatic rings. The number of nitrogens with zero attached hydrogens (tertiary/aromatic N) is 1. The molecule has 0 saturated carbocycles. The van der Waals surface area contributed by atoms with Crippen LogP contribution in [0.3, 0.4) is 0 Å². The number of hydrogen-bond donors (Lipinski definition) is 1. The van der Waals surface area contributed by atoms with Crippen molar-refractivity contribution in [2.45, 2.75) is 33.0 Å². The lowest BCUT2D eigenvalue weighted by Gasteiger charge is -2.25. The monoisotopic (exact) mass is 290 g/mol. The highest BCUT2D eigenvalue weighted by Crippen LogP contribution is 2.25. The van der Waals surface area contributed by atoms with Crippen molar-refractivity contribution in [2.24, 2.45) is 0 Å². The molecule has 0 aliphatic heterocycles. The average Bonchev–Trinajstić information content (AvgIpc) is 2.79. The molecule has 0 fully saturated rings.